The maximum atomic E-state index is 13.3. The van der Waals surface area contributed by atoms with Gasteiger partial charge in [0.2, 0.25) is 0 Å². The lowest BCUT2D eigenvalue weighted by Crippen LogP contribution is -2.14. The second-order valence-electron chi connectivity index (χ2n) is 3.30. The SMILES string of the molecule is O=C(Nc1ccccc1F)c1ccc(Br)cn1. The lowest BCUT2D eigenvalue weighted by molar-refractivity contribution is 0.102. The number of nitrogens with one attached hydrogen (secondary N) is 1. The Balaban J connectivity index is 2.17. The van der Waals surface area contributed by atoms with Gasteiger partial charge in [0.1, 0.15) is 11.5 Å². The van der Waals surface area contributed by atoms with Crippen LogP contribution < -0.4 is 5.32 Å². The smallest absolute Gasteiger partial charge is 0.274 e. The minimum Gasteiger partial charge on any atom is -0.318 e. The van der Waals surface area contributed by atoms with Crippen LogP contribution in [0.15, 0.2) is 47.1 Å². The Morgan fingerprint density at radius 1 is 1.24 bits per heavy atom. The number of amides is 1. The van der Waals surface area contributed by atoms with E-state index in [4.69, 9.17) is 0 Å². The van der Waals surface area contributed by atoms with E-state index in [9.17, 15) is 9.18 Å². The van der Waals surface area contributed by atoms with Gasteiger partial charge in [-0.05, 0) is 40.2 Å². The first-order chi connectivity index (χ1) is 8.16. The van der Waals surface area contributed by atoms with Crippen LogP contribution in [-0.2, 0) is 0 Å². The van der Waals surface area contributed by atoms with Crippen LogP contribution in [0.5, 0.6) is 0 Å². The topological polar surface area (TPSA) is 42.0 Å². The molecule has 0 bridgehead atoms. The van der Waals surface area contributed by atoms with Gasteiger partial charge in [-0.25, -0.2) is 9.37 Å². The maximum Gasteiger partial charge on any atom is 0.274 e. The number of anilines is 1. The summed E-state index contributed by atoms with van der Waals surface area (Å²) in [6, 6.07) is 9.23. The normalized spacial score (nSPS) is 10.0. The number of carbonyl (C=O) groups is 1. The van der Waals surface area contributed by atoms with E-state index in [0.717, 1.165) is 4.47 Å². The molecule has 3 nitrogen and oxygen atoms in total. The number of para-hydroxylation sites is 1. The van der Waals surface area contributed by atoms with Gasteiger partial charge in [0.25, 0.3) is 5.91 Å². The highest BCUT2D eigenvalue weighted by Crippen LogP contribution is 2.14. The van der Waals surface area contributed by atoms with E-state index in [1.165, 1.54) is 18.3 Å². The summed E-state index contributed by atoms with van der Waals surface area (Å²) in [5.41, 5.74) is 0.374. The van der Waals surface area contributed by atoms with Crippen LogP contribution in [0.1, 0.15) is 10.5 Å². The molecule has 1 amide bonds. The van der Waals surface area contributed by atoms with Gasteiger partial charge in [0.15, 0.2) is 0 Å². The molecule has 1 aromatic heterocycles. The summed E-state index contributed by atoms with van der Waals surface area (Å²) < 4.78 is 14.1. The van der Waals surface area contributed by atoms with Crippen LogP contribution >= 0.6 is 15.9 Å². The second-order valence-corrected chi connectivity index (χ2v) is 4.21. The molecule has 1 aromatic carbocycles. The highest BCUT2D eigenvalue weighted by Gasteiger charge is 2.09. The molecule has 0 saturated carbocycles. The van der Waals surface area contributed by atoms with Crippen LogP contribution in [0.4, 0.5) is 10.1 Å². The van der Waals surface area contributed by atoms with Gasteiger partial charge in [-0.2, -0.15) is 0 Å². The summed E-state index contributed by atoms with van der Waals surface area (Å²) in [6.45, 7) is 0. The Morgan fingerprint density at radius 2 is 2.00 bits per heavy atom. The fraction of sp³-hybridized carbons (Fsp3) is 0. The zero-order valence-electron chi connectivity index (χ0n) is 8.65. The minimum absolute atomic E-state index is 0.141. The molecule has 0 unspecified atom stereocenters. The van der Waals surface area contributed by atoms with Crippen molar-refractivity contribution in [3.8, 4) is 0 Å². The maximum absolute atomic E-state index is 13.3. The Kier molecular flexibility index (Phi) is 3.49. The molecule has 0 aliphatic rings. The molecule has 0 aliphatic heterocycles. The largest absolute Gasteiger partial charge is 0.318 e. The highest BCUT2D eigenvalue weighted by molar-refractivity contribution is 9.10. The van der Waals surface area contributed by atoms with Crippen LogP contribution in [-0.4, -0.2) is 10.9 Å². The summed E-state index contributed by atoms with van der Waals surface area (Å²) in [7, 11) is 0. The van der Waals surface area contributed by atoms with Crippen molar-refractivity contribution in [2.75, 3.05) is 5.32 Å². The predicted molar refractivity (Wildman–Crippen MR) is 66.3 cm³/mol. The standard InChI is InChI=1S/C12H8BrFN2O/c13-8-5-6-11(15-7-8)12(17)16-10-4-2-1-3-9(10)14/h1-7H,(H,16,17). The van der Waals surface area contributed by atoms with Crippen LogP contribution in [0.3, 0.4) is 0 Å². The molecule has 0 saturated heterocycles. The Hall–Kier alpha value is -1.75. The first-order valence-corrected chi connectivity index (χ1v) is 5.63. The number of aromatic nitrogens is 1. The van der Waals surface area contributed by atoms with Gasteiger partial charge >= 0.3 is 0 Å². The molecule has 17 heavy (non-hydrogen) atoms. The van der Waals surface area contributed by atoms with E-state index in [1.54, 1.807) is 24.3 Å². The number of pyridine rings is 1. The lowest BCUT2D eigenvalue weighted by atomic mass is 10.3. The summed E-state index contributed by atoms with van der Waals surface area (Å²) in [5, 5.41) is 2.45. The van der Waals surface area contributed by atoms with Crippen LogP contribution in [0.25, 0.3) is 0 Å². The predicted octanol–water partition coefficient (Wildman–Crippen LogP) is 3.24. The number of rotatable bonds is 2. The van der Waals surface area contributed by atoms with Gasteiger partial charge in [0, 0.05) is 10.7 Å². The average molecular weight is 295 g/mol. The van der Waals surface area contributed by atoms with Gasteiger partial charge in [-0.15, -0.1) is 0 Å². The van der Waals surface area contributed by atoms with E-state index in [1.807, 2.05) is 0 Å². The average Bonchev–Trinajstić information content (AvgIpc) is 2.33. The van der Waals surface area contributed by atoms with Gasteiger partial charge in [0.05, 0.1) is 5.69 Å². The zero-order valence-corrected chi connectivity index (χ0v) is 10.2. The molecule has 2 aromatic rings. The van der Waals surface area contributed by atoms with Crippen molar-refractivity contribution in [2.24, 2.45) is 0 Å². The second kappa shape index (κ2) is 5.05. The number of halogens is 2. The van der Waals surface area contributed by atoms with Gasteiger partial charge in [-0.1, -0.05) is 12.1 Å². The molecule has 0 atom stereocenters. The summed E-state index contributed by atoms with van der Waals surface area (Å²) in [5.74, 6) is -0.916. The summed E-state index contributed by atoms with van der Waals surface area (Å²) >= 11 is 3.22. The van der Waals surface area contributed by atoms with Crippen molar-refractivity contribution in [2.45, 2.75) is 0 Å². The third kappa shape index (κ3) is 2.88. The van der Waals surface area contributed by atoms with Crippen molar-refractivity contribution in [3.05, 3.63) is 58.6 Å². The molecule has 0 fully saturated rings. The number of hydrogen-bond donors (Lipinski definition) is 1. The molecule has 0 spiro atoms. The molecule has 5 heteroatoms. The molecule has 1 heterocycles. The molecule has 0 aliphatic carbocycles. The first-order valence-electron chi connectivity index (χ1n) is 4.84. The Morgan fingerprint density at radius 3 is 2.65 bits per heavy atom. The van der Waals surface area contributed by atoms with Gasteiger partial charge in [-0.3, -0.25) is 4.79 Å². The van der Waals surface area contributed by atoms with E-state index >= 15 is 0 Å². The van der Waals surface area contributed by atoms with Crippen molar-refractivity contribution < 1.29 is 9.18 Å². The van der Waals surface area contributed by atoms with E-state index in [2.05, 4.69) is 26.2 Å². The van der Waals surface area contributed by atoms with Crippen molar-refractivity contribution >= 4 is 27.5 Å². The fourth-order valence-corrected chi connectivity index (χ4v) is 1.49. The highest BCUT2D eigenvalue weighted by atomic mass is 79.9. The molecule has 0 radical (unpaired) electrons. The van der Waals surface area contributed by atoms with Crippen molar-refractivity contribution in [3.63, 3.8) is 0 Å². The van der Waals surface area contributed by atoms with Crippen LogP contribution in [0, 0.1) is 5.82 Å². The number of hydrogen-bond acceptors (Lipinski definition) is 2. The Labute approximate surface area is 106 Å². The summed E-state index contributed by atoms with van der Waals surface area (Å²) in [4.78, 5) is 15.6. The first kappa shape index (κ1) is 11.7. The Bertz CT molecular complexity index is 542. The quantitative estimate of drug-likeness (QED) is 0.924. The van der Waals surface area contributed by atoms with E-state index < -0.39 is 11.7 Å². The molecular formula is C12H8BrFN2O. The fourth-order valence-electron chi connectivity index (χ4n) is 1.26. The third-order valence-corrected chi connectivity index (χ3v) is 2.55. The lowest BCUT2D eigenvalue weighted by Gasteiger charge is -2.05. The number of nitrogens with zero attached hydrogens (tertiary/aromatic N) is 1. The monoisotopic (exact) mass is 294 g/mol. The molecule has 86 valence electrons. The van der Waals surface area contributed by atoms with E-state index in [0.29, 0.717) is 0 Å². The van der Waals surface area contributed by atoms with Crippen molar-refractivity contribution in [1.29, 1.82) is 0 Å². The number of carbonyl (C=O) groups excluding carboxylic acids is 1. The summed E-state index contributed by atoms with van der Waals surface area (Å²) in [6.07, 6.45) is 1.51. The van der Waals surface area contributed by atoms with Crippen LogP contribution in [0.2, 0.25) is 0 Å². The third-order valence-electron chi connectivity index (χ3n) is 2.08. The molecule has 1 N–H and O–H groups in total. The zero-order chi connectivity index (χ0) is 12.3. The van der Waals surface area contributed by atoms with E-state index in [-0.39, 0.29) is 11.4 Å². The molecule has 2 rings (SSSR count). The molecular weight excluding hydrogens is 287 g/mol. The number of benzene rings is 1. The van der Waals surface area contributed by atoms with Crippen molar-refractivity contribution in [1.82, 2.24) is 4.98 Å². The van der Waals surface area contributed by atoms with Gasteiger partial charge < -0.3 is 5.32 Å². The minimum atomic E-state index is -0.474.